The van der Waals surface area contributed by atoms with E-state index in [1.165, 1.54) is 0 Å². The molecular formula is H3AlClLiO2+2. The van der Waals surface area contributed by atoms with E-state index >= 15 is 0 Å². The van der Waals surface area contributed by atoms with Crippen molar-refractivity contribution in [3.8, 4) is 0 Å². The first-order chi connectivity index (χ1) is 0. The molecule has 0 spiro atoms. The first-order valence-corrected chi connectivity index (χ1v) is 0. The summed E-state index contributed by atoms with van der Waals surface area (Å²) in [6, 6.07) is 0. The first kappa shape index (κ1) is 101. The van der Waals surface area contributed by atoms with Crippen LogP contribution in [0.3, 0.4) is 0 Å². The maximum Gasteiger partial charge on any atom is 3.00 e. The van der Waals surface area contributed by atoms with E-state index in [-0.39, 0.29) is 59.6 Å². The SMILES string of the molecule is O.[Al+3].[Cl-].[Li+].[OH-]. The van der Waals surface area contributed by atoms with Crippen molar-refractivity contribution in [3.63, 3.8) is 0 Å². The van der Waals surface area contributed by atoms with Gasteiger partial charge in [0.1, 0.15) is 0 Å². The molecule has 0 bridgehead atoms. The van der Waals surface area contributed by atoms with Crippen LogP contribution in [0.25, 0.3) is 0 Å². The van der Waals surface area contributed by atoms with Gasteiger partial charge in [0.2, 0.25) is 0 Å². The van der Waals surface area contributed by atoms with Gasteiger partial charge in [-0.2, -0.15) is 0 Å². The van der Waals surface area contributed by atoms with Crippen molar-refractivity contribution in [2.24, 2.45) is 0 Å². The Morgan fingerprint density at radius 1 is 1.00 bits per heavy atom. The fraction of sp³-hybridized carbons (Fsp3) is 0. The van der Waals surface area contributed by atoms with Gasteiger partial charge in [-0.05, 0) is 0 Å². The van der Waals surface area contributed by atoms with Gasteiger partial charge in [-0.1, -0.05) is 0 Å². The molecule has 0 aliphatic carbocycles. The molecule has 0 heterocycles. The summed E-state index contributed by atoms with van der Waals surface area (Å²) in [5, 5.41) is 0. The third kappa shape index (κ3) is 33.2. The van der Waals surface area contributed by atoms with Crippen LogP contribution in [-0.4, -0.2) is 28.3 Å². The average molecular weight is 104 g/mol. The van der Waals surface area contributed by atoms with Crippen molar-refractivity contribution in [3.05, 3.63) is 0 Å². The normalized spacial score (nSPS) is 0. The molecule has 2 nitrogen and oxygen atoms in total. The Balaban J connectivity index is 0. The molecule has 0 unspecified atom stereocenters. The molecule has 0 aliphatic rings. The van der Waals surface area contributed by atoms with Gasteiger partial charge in [-0.3, -0.25) is 0 Å². The van der Waals surface area contributed by atoms with Gasteiger partial charge in [0, 0.05) is 0 Å². The Morgan fingerprint density at radius 2 is 1.00 bits per heavy atom. The molecule has 5 heavy (non-hydrogen) atoms. The summed E-state index contributed by atoms with van der Waals surface area (Å²) in [6.07, 6.45) is 0. The molecule has 0 aromatic rings. The van der Waals surface area contributed by atoms with Crippen LogP contribution in [0, 0.1) is 0 Å². The summed E-state index contributed by atoms with van der Waals surface area (Å²) >= 11 is 0. The topological polar surface area (TPSA) is 61.5 Å². The van der Waals surface area contributed by atoms with Crippen molar-refractivity contribution < 1.29 is 42.2 Å². The molecule has 0 atom stereocenters. The maximum atomic E-state index is 0. The van der Waals surface area contributed by atoms with Crippen LogP contribution < -0.4 is 31.3 Å². The van der Waals surface area contributed by atoms with Crippen molar-refractivity contribution >= 4 is 17.4 Å². The molecular weight excluding hydrogens is 101 g/mol. The summed E-state index contributed by atoms with van der Waals surface area (Å²) in [6.45, 7) is 0. The Bertz CT molecular complexity index is 9.61. The first-order valence-electron chi connectivity index (χ1n) is 0. The van der Waals surface area contributed by atoms with Crippen LogP contribution in [0.5, 0.6) is 0 Å². The smallest absolute Gasteiger partial charge is 1.00 e. The van der Waals surface area contributed by atoms with Crippen molar-refractivity contribution in [1.29, 1.82) is 0 Å². The molecule has 0 rings (SSSR count). The van der Waals surface area contributed by atoms with Gasteiger partial charge >= 0.3 is 36.2 Å². The van der Waals surface area contributed by atoms with E-state index in [1.807, 2.05) is 0 Å². The minimum atomic E-state index is 0. The summed E-state index contributed by atoms with van der Waals surface area (Å²) in [7, 11) is 0. The molecule has 24 valence electrons. The molecule has 3 N–H and O–H groups in total. The zero-order valence-corrected chi connectivity index (χ0v) is 4.81. The number of rotatable bonds is 0. The largest absolute Gasteiger partial charge is 3.00 e. The standard InChI is InChI=1S/Al.ClH.Li.2H2O/h;1H;;2*1H2/q+3;;+1;;/p-2. The molecule has 0 aromatic heterocycles. The monoisotopic (exact) mass is 104 g/mol. The van der Waals surface area contributed by atoms with Gasteiger partial charge in [-0.25, -0.2) is 0 Å². The van der Waals surface area contributed by atoms with E-state index in [9.17, 15) is 0 Å². The number of hydrogen-bond donors (Lipinski definition) is 0. The molecule has 0 radical (unpaired) electrons. The fourth-order valence-corrected chi connectivity index (χ4v) is 0. The van der Waals surface area contributed by atoms with Crippen LogP contribution in [0.1, 0.15) is 0 Å². The van der Waals surface area contributed by atoms with E-state index in [2.05, 4.69) is 0 Å². The summed E-state index contributed by atoms with van der Waals surface area (Å²) in [4.78, 5) is 0. The predicted octanol–water partition coefficient (Wildman–Crippen LogP) is -7.37. The summed E-state index contributed by atoms with van der Waals surface area (Å²) in [5.74, 6) is 0. The second kappa shape index (κ2) is 56.0. The number of halogens is 1. The Kier molecular flexibility index (Phi) is 1130. The Hall–Kier alpha value is 1.34. The Labute approximate surface area is 59.7 Å². The zero-order valence-electron chi connectivity index (χ0n) is 2.90. The second-order valence-corrected chi connectivity index (χ2v) is 0. The van der Waals surface area contributed by atoms with Crippen LogP contribution in [0.4, 0.5) is 0 Å². The van der Waals surface area contributed by atoms with Crippen LogP contribution in [0.2, 0.25) is 0 Å². The van der Waals surface area contributed by atoms with E-state index < -0.39 is 0 Å². The van der Waals surface area contributed by atoms with Crippen LogP contribution in [0.15, 0.2) is 0 Å². The van der Waals surface area contributed by atoms with Gasteiger partial charge in [0.05, 0.1) is 0 Å². The zero-order chi connectivity index (χ0) is 0. The van der Waals surface area contributed by atoms with Crippen LogP contribution in [-0.2, 0) is 0 Å². The quantitative estimate of drug-likeness (QED) is 0.282. The molecule has 0 amide bonds. The van der Waals surface area contributed by atoms with Gasteiger partial charge in [-0.15, -0.1) is 0 Å². The van der Waals surface area contributed by atoms with Crippen molar-refractivity contribution in [2.45, 2.75) is 0 Å². The molecule has 5 heteroatoms. The van der Waals surface area contributed by atoms with Crippen molar-refractivity contribution in [1.82, 2.24) is 0 Å². The van der Waals surface area contributed by atoms with Gasteiger partial charge in [0.25, 0.3) is 0 Å². The fourth-order valence-electron chi connectivity index (χ4n) is 0. The minimum absolute atomic E-state index is 0. The summed E-state index contributed by atoms with van der Waals surface area (Å²) < 4.78 is 0. The molecule has 0 saturated carbocycles. The van der Waals surface area contributed by atoms with E-state index in [1.54, 1.807) is 0 Å². The van der Waals surface area contributed by atoms with Crippen molar-refractivity contribution in [2.75, 3.05) is 0 Å². The molecule has 0 fully saturated rings. The van der Waals surface area contributed by atoms with Crippen LogP contribution >= 0.6 is 0 Å². The van der Waals surface area contributed by atoms with Gasteiger partial charge in [0.15, 0.2) is 0 Å². The predicted molar refractivity (Wildman–Crippen MR) is 11.3 cm³/mol. The molecule has 0 saturated heterocycles. The molecule has 0 aromatic carbocycles. The number of hydrogen-bond acceptors (Lipinski definition) is 1. The van der Waals surface area contributed by atoms with E-state index in [0.29, 0.717) is 0 Å². The second-order valence-electron chi connectivity index (χ2n) is 0. The third-order valence-electron chi connectivity index (χ3n) is 0. The Morgan fingerprint density at radius 3 is 1.00 bits per heavy atom. The van der Waals surface area contributed by atoms with E-state index in [4.69, 9.17) is 0 Å². The average Bonchev–Trinajstić information content (AvgIpc) is 0. The summed E-state index contributed by atoms with van der Waals surface area (Å²) in [5.41, 5.74) is 0. The minimum Gasteiger partial charge on any atom is -1.00 e. The van der Waals surface area contributed by atoms with E-state index in [0.717, 1.165) is 0 Å². The van der Waals surface area contributed by atoms with Gasteiger partial charge < -0.3 is 23.4 Å². The maximum absolute atomic E-state index is 0. The third-order valence-corrected chi connectivity index (χ3v) is 0. The molecule has 0 aliphatic heterocycles.